The summed E-state index contributed by atoms with van der Waals surface area (Å²) in [4.78, 5) is 26.4. The Bertz CT molecular complexity index is 804. The molecule has 3 rings (SSSR count). The van der Waals surface area contributed by atoms with Gasteiger partial charge in [0.25, 0.3) is 5.91 Å². The number of hydrogen-bond donors (Lipinski definition) is 1. The van der Waals surface area contributed by atoms with E-state index in [2.05, 4.69) is 12.2 Å². The number of anilines is 1. The van der Waals surface area contributed by atoms with E-state index in [0.717, 1.165) is 29.7 Å². The third-order valence-corrected chi connectivity index (χ3v) is 6.26. The second kappa shape index (κ2) is 8.04. The first-order valence-corrected chi connectivity index (χ1v) is 9.94. The van der Waals surface area contributed by atoms with E-state index in [1.54, 1.807) is 0 Å². The summed E-state index contributed by atoms with van der Waals surface area (Å²) >= 11 is 1.51. The quantitative estimate of drug-likeness (QED) is 0.777. The molecule has 0 spiro atoms. The average Bonchev–Trinajstić information content (AvgIpc) is 3.06. The number of thiophene rings is 1. The number of rotatable bonds is 5. The van der Waals surface area contributed by atoms with Crippen molar-refractivity contribution in [2.24, 2.45) is 5.92 Å². The zero-order valence-corrected chi connectivity index (χ0v) is 16.4. The van der Waals surface area contributed by atoms with Crippen LogP contribution in [0.15, 0.2) is 24.3 Å². The van der Waals surface area contributed by atoms with E-state index >= 15 is 0 Å². The van der Waals surface area contributed by atoms with Gasteiger partial charge in [0, 0.05) is 10.6 Å². The van der Waals surface area contributed by atoms with Gasteiger partial charge in [0.05, 0.1) is 0 Å². The SMILES string of the molecule is CC[C@@H]1CCc2sc(C(=O)OCC(=O)Nc3c(C)cccc3C)cc2C1. The van der Waals surface area contributed by atoms with Crippen LogP contribution in [0.2, 0.25) is 0 Å². The van der Waals surface area contributed by atoms with Crippen molar-refractivity contribution in [3.05, 3.63) is 50.7 Å². The predicted molar refractivity (Wildman–Crippen MR) is 105 cm³/mol. The highest BCUT2D eigenvalue weighted by Crippen LogP contribution is 2.33. The summed E-state index contributed by atoms with van der Waals surface area (Å²) in [6, 6.07) is 7.78. The molecule has 0 saturated carbocycles. The highest BCUT2D eigenvalue weighted by Gasteiger charge is 2.23. The van der Waals surface area contributed by atoms with Crippen LogP contribution in [-0.4, -0.2) is 18.5 Å². The fourth-order valence-corrected chi connectivity index (χ4v) is 4.54. The maximum atomic E-state index is 12.3. The molecule has 0 bridgehead atoms. The van der Waals surface area contributed by atoms with Crippen molar-refractivity contribution in [1.82, 2.24) is 0 Å². The lowest BCUT2D eigenvalue weighted by Gasteiger charge is -2.19. The largest absolute Gasteiger partial charge is 0.451 e. The first-order valence-electron chi connectivity index (χ1n) is 9.12. The second-order valence-corrected chi connectivity index (χ2v) is 8.10. The van der Waals surface area contributed by atoms with Crippen molar-refractivity contribution in [1.29, 1.82) is 0 Å². The minimum atomic E-state index is -0.408. The number of carbonyl (C=O) groups is 2. The van der Waals surface area contributed by atoms with E-state index in [4.69, 9.17) is 4.74 Å². The van der Waals surface area contributed by atoms with Crippen LogP contribution in [0.3, 0.4) is 0 Å². The number of benzene rings is 1. The highest BCUT2D eigenvalue weighted by atomic mass is 32.1. The standard InChI is InChI=1S/C21H25NO3S/c1-4-15-8-9-17-16(10-15)11-18(26-17)21(24)25-12-19(23)22-20-13(2)6-5-7-14(20)3/h5-7,11,15H,4,8-10,12H2,1-3H3,(H,22,23)/t15-/m1/s1. The molecule has 1 aliphatic rings. The van der Waals surface area contributed by atoms with Gasteiger partial charge in [0.15, 0.2) is 6.61 Å². The lowest BCUT2D eigenvalue weighted by atomic mass is 9.87. The van der Waals surface area contributed by atoms with E-state index in [1.165, 1.54) is 34.6 Å². The average molecular weight is 372 g/mol. The summed E-state index contributed by atoms with van der Waals surface area (Å²) in [5.74, 6) is -0.0127. The lowest BCUT2D eigenvalue weighted by Crippen LogP contribution is -2.21. The van der Waals surface area contributed by atoms with Gasteiger partial charge in [-0.2, -0.15) is 0 Å². The number of hydrogen-bond acceptors (Lipinski definition) is 4. The molecule has 0 unspecified atom stereocenters. The van der Waals surface area contributed by atoms with Crippen molar-refractivity contribution >= 4 is 28.9 Å². The van der Waals surface area contributed by atoms with E-state index in [-0.39, 0.29) is 12.5 Å². The van der Waals surface area contributed by atoms with Crippen molar-refractivity contribution in [2.75, 3.05) is 11.9 Å². The molecule has 5 heteroatoms. The molecule has 0 saturated heterocycles. The van der Waals surface area contributed by atoms with E-state index in [0.29, 0.717) is 10.8 Å². The topological polar surface area (TPSA) is 55.4 Å². The van der Waals surface area contributed by atoms with Crippen molar-refractivity contribution in [3.8, 4) is 0 Å². The summed E-state index contributed by atoms with van der Waals surface area (Å²) in [6.07, 6.45) is 4.45. The van der Waals surface area contributed by atoms with Crippen LogP contribution in [-0.2, 0) is 22.4 Å². The van der Waals surface area contributed by atoms with Gasteiger partial charge in [0.2, 0.25) is 0 Å². The summed E-state index contributed by atoms with van der Waals surface area (Å²) < 4.78 is 5.23. The molecule has 26 heavy (non-hydrogen) atoms. The first-order chi connectivity index (χ1) is 12.5. The molecule has 1 N–H and O–H groups in total. The van der Waals surface area contributed by atoms with E-state index in [1.807, 2.05) is 38.1 Å². The van der Waals surface area contributed by atoms with Crippen LogP contribution in [0, 0.1) is 19.8 Å². The van der Waals surface area contributed by atoms with Crippen LogP contribution >= 0.6 is 11.3 Å². The molecule has 1 atom stereocenters. The fraction of sp³-hybridized carbons (Fsp3) is 0.429. The summed E-state index contributed by atoms with van der Waals surface area (Å²) in [6.45, 7) is 5.82. The molecule has 138 valence electrons. The molecule has 1 aromatic heterocycles. The first kappa shape index (κ1) is 18.6. The Balaban J connectivity index is 1.57. The predicted octanol–water partition coefficient (Wildman–Crippen LogP) is 4.68. The highest BCUT2D eigenvalue weighted by molar-refractivity contribution is 7.14. The molecule has 1 aromatic carbocycles. The Labute approximate surface area is 158 Å². The monoisotopic (exact) mass is 371 g/mol. The molecule has 0 radical (unpaired) electrons. The molecule has 1 heterocycles. The van der Waals surface area contributed by atoms with Crippen LogP contribution in [0.4, 0.5) is 5.69 Å². The van der Waals surface area contributed by atoms with E-state index < -0.39 is 5.97 Å². The number of nitrogens with one attached hydrogen (secondary N) is 1. The molecule has 1 aliphatic carbocycles. The molecular formula is C21H25NO3S. The Morgan fingerprint density at radius 2 is 2.00 bits per heavy atom. The second-order valence-electron chi connectivity index (χ2n) is 6.97. The number of ether oxygens (including phenoxy) is 1. The molecule has 1 amide bonds. The number of para-hydroxylation sites is 1. The normalized spacial score (nSPS) is 16.0. The van der Waals surface area contributed by atoms with Gasteiger partial charge in [-0.1, -0.05) is 31.5 Å². The van der Waals surface area contributed by atoms with Gasteiger partial charge < -0.3 is 10.1 Å². The molecule has 0 fully saturated rings. The Morgan fingerprint density at radius 3 is 2.69 bits per heavy atom. The molecule has 2 aromatic rings. The van der Waals surface area contributed by atoms with Gasteiger partial charge >= 0.3 is 5.97 Å². The van der Waals surface area contributed by atoms with Crippen molar-refractivity contribution < 1.29 is 14.3 Å². The van der Waals surface area contributed by atoms with Crippen molar-refractivity contribution in [2.45, 2.75) is 46.5 Å². The number of carbonyl (C=O) groups excluding carboxylic acids is 2. The lowest BCUT2D eigenvalue weighted by molar-refractivity contribution is -0.119. The third-order valence-electron chi connectivity index (χ3n) is 5.04. The smallest absolute Gasteiger partial charge is 0.348 e. The number of fused-ring (bicyclic) bond motifs is 1. The van der Waals surface area contributed by atoms with Crippen LogP contribution < -0.4 is 5.32 Å². The maximum Gasteiger partial charge on any atom is 0.348 e. The fourth-order valence-electron chi connectivity index (χ4n) is 3.44. The number of amides is 1. The van der Waals surface area contributed by atoms with Crippen molar-refractivity contribution in [3.63, 3.8) is 0 Å². The minimum absolute atomic E-state index is 0.271. The summed E-state index contributed by atoms with van der Waals surface area (Å²) in [5, 5.41) is 2.83. The molecule has 0 aliphatic heterocycles. The Kier molecular flexibility index (Phi) is 5.77. The molecule has 4 nitrogen and oxygen atoms in total. The number of esters is 1. The maximum absolute atomic E-state index is 12.3. The molecular weight excluding hydrogens is 346 g/mol. The zero-order valence-electron chi connectivity index (χ0n) is 15.6. The van der Waals surface area contributed by atoms with Crippen LogP contribution in [0.1, 0.15) is 51.0 Å². The van der Waals surface area contributed by atoms with Gasteiger partial charge in [-0.3, -0.25) is 4.79 Å². The van der Waals surface area contributed by atoms with E-state index in [9.17, 15) is 9.59 Å². The summed E-state index contributed by atoms with van der Waals surface area (Å²) in [7, 11) is 0. The van der Waals surface area contributed by atoms with Crippen LogP contribution in [0.25, 0.3) is 0 Å². The Morgan fingerprint density at radius 1 is 1.27 bits per heavy atom. The summed E-state index contributed by atoms with van der Waals surface area (Å²) in [5.41, 5.74) is 4.04. The van der Waals surface area contributed by atoms with Gasteiger partial charge in [0.1, 0.15) is 4.88 Å². The van der Waals surface area contributed by atoms with Crippen LogP contribution in [0.5, 0.6) is 0 Å². The van der Waals surface area contributed by atoms with Gasteiger partial charge in [-0.15, -0.1) is 11.3 Å². The Hall–Kier alpha value is -2.14. The number of aryl methyl sites for hydroxylation is 3. The minimum Gasteiger partial charge on any atom is -0.451 e. The zero-order chi connectivity index (χ0) is 18.7. The van der Waals surface area contributed by atoms with Gasteiger partial charge in [-0.25, -0.2) is 4.79 Å². The van der Waals surface area contributed by atoms with Gasteiger partial charge in [-0.05, 0) is 61.8 Å². The third kappa shape index (κ3) is 4.15.